The molecular formula is C22H27ClN3O2+. The third-order valence-electron chi connectivity index (χ3n) is 5.34. The lowest BCUT2D eigenvalue weighted by Crippen LogP contribution is -3.13. The first-order valence-electron chi connectivity index (χ1n) is 9.63. The van der Waals surface area contributed by atoms with Crippen LogP contribution in [0.1, 0.15) is 27.0 Å². The van der Waals surface area contributed by atoms with E-state index >= 15 is 0 Å². The first-order valence-corrected chi connectivity index (χ1v) is 10.0. The van der Waals surface area contributed by atoms with Crippen LogP contribution in [0.4, 0.5) is 0 Å². The third kappa shape index (κ3) is 5.33. The third-order valence-corrected chi connectivity index (χ3v) is 5.57. The van der Waals surface area contributed by atoms with Crippen LogP contribution in [0.5, 0.6) is 0 Å². The van der Waals surface area contributed by atoms with Gasteiger partial charge in [-0.2, -0.15) is 0 Å². The van der Waals surface area contributed by atoms with Crippen molar-refractivity contribution in [3.8, 4) is 0 Å². The maximum absolute atomic E-state index is 12.4. The maximum Gasteiger partial charge on any atom is 0.251 e. The molecule has 1 fully saturated rings. The van der Waals surface area contributed by atoms with Gasteiger partial charge in [-0.15, -0.1) is 0 Å². The molecule has 6 heteroatoms. The summed E-state index contributed by atoms with van der Waals surface area (Å²) in [5.41, 5.74) is 4.01. The number of halogens is 1. The Morgan fingerprint density at radius 2 is 1.82 bits per heavy atom. The van der Waals surface area contributed by atoms with Gasteiger partial charge in [-0.1, -0.05) is 29.8 Å². The van der Waals surface area contributed by atoms with Gasteiger partial charge in [0.2, 0.25) is 5.91 Å². The summed E-state index contributed by atoms with van der Waals surface area (Å²) < 4.78 is 0. The summed E-state index contributed by atoms with van der Waals surface area (Å²) in [6.45, 7) is 8.12. The summed E-state index contributed by atoms with van der Waals surface area (Å²) in [6.07, 6.45) is 0. The smallest absolute Gasteiger partial charge is 0.251 e. The van der Waals surface area contributed by atoms with Gasteiger partial charge in [-0.25, -0.2) is 0 Å². The molecule has 0 unspecified atom stereocenters. The van der Waals surface area contributed by atoms with Crippen LogP contribution in [0.2, 0.25) is 5.02 Å². The van der Waals surface area contributed by atoms with Gasteiger partial charge in [-0.3, -0.25) is 9.59 Å². The van der Waals surface area contributed by atoms with Crippen LogP contribution in [0.3, 0.4) is 0 Å². The predicted octanol–water partition coefficient (Wildman–Crippen LogP) is 1.61. The Kier molecular flexibility index (Phi) is 6.70. The van der Waals surface area contributed by atoms with Crippen molar-refractivity contribution in [3.05, 3.63) is 69.7 Å². The molecule has 1 saturated heterocycles. The lowest BCUT2D eigenvalue weighted by Gasteiger charge is -2.32. The molecule has 2 aromatic carbocycles. The highest BCUT2D eigenvalue weighted by molar-refractivity contribution is 6.30. The zero-order valence-electron chi connectivity index (χ0n) is 16.4. The van der Waals surface area contributed by atoms with Crippen molar-refractivity contribution in [2.24, 2.45) is 0 Å². The predicted molar refractivity (Wildman–Crippen MR) is 111 cm³/mol. The Bertz CT molecular complexity index is 861. The molecule has 3 rings (SSSR count). The Hall–Kier alpha value is -2.37. The molecule has 0 radical (unpaired) electrons. The zero-order chi connectivity index (χ0) is 20.1. The van der Waals surface area contributed by atoms with Crippen molar-refractivity contribution in [2.45, 2.75) is 20.4 Å². The van der Waals surface area contributed by atoms with Gasteiger partial charge in [0.15, 0.2) is 0 Å². The molecule has 1 aliphatic heterocycles. The van der Waals surface area contributed by atoms with E-state index in [-0.39, 0.29) is 18.4 Å². The summed E-state index contributed by atoms with van der Waals surface area (Å²) in [4.78, 5) is 28.0. The molecule has 2 N–H and O–H groups in total. The van der Waals surface area contributed by atoms with Gasteiger partial charge < -0.3 is 15.1 Å². The van der Waals surface area contributed by atoms with E-state index in [4.69, 9.17) is 11.6 Å². The number of piperazine rings is 1. The molecule has 0 bridgehead atoms. The number of carbonyl (C=O) groups excluding carboxylic acids is 2. The van der Waals surface area contributed by atoms with Gasteiger partial charge in [-0.05, 0) is 49.2 Å². The zero-order valence-corrected chi connectivity index (χ0v) is 17.2. The van der Waals surface area contributed by atoms with Crippen LogP contribution < -0.4 is 10.2 Å². The standard InChI is InChI=1S/C22H26ClN3O2/c1-16-6-7-19(12-17(16)2)22(28)24-14-21(27)26-10-8-25(9-11-26)15-18-4-3-5-20(23)13-18/h3-7,12-13H,8-11,14-15H2,1-2H3,(H,24,28)/p+1. The highest BCUT2D eigenvalue weighted by Gasteiger charge is 2.24. The summed E-state index contributed by atoms with van der Waals surface area (Å²) >= 11 is 6.05. The van der Waals surface area contributed by atoms with Crippen molar-refractivity contribution < 1.29 is 14.5 Å². The van der Waals surface area contributed by atoms with Crippen LogP contribution in [0.15, 0.2) is 42.5 Å². The van der Waals surface area contributed by atoms with Gasteiger partial charge in [0.1, 0.15) is 6.54 Å². The van der Waals surface area contributed by atoms with Gasteiger partial charge in [0, 0.05) is 16.1 Å². The monoisotopic (exact) mass is 400 g/mol. The Morgan fingerprint density at radius 1 is 1.07 bits per heavy atom. The van der Waals surface area contributed by atoms with E-state index < -0.39 is 0 Å². The highest BCUT2D eigenvalue weighted by Crippen LogP contribution is 2.10. The SMILES string of the molecule is Cc1ccc(C(=O)NCC(=O)N2CC[NH+](Cc3cccc(Cl)c3)CC2)cc1C. The number of aryl methyl sites for hydroxylation is 2. The number of quaternary nitrogens is 1. The van der Waals surface area contributed by atoms with Crippen LogP contribution in [0, 0.1) is 13.8 Å². The number of nitrogens with zero attached hydrogens (tertiary/aromatic N) is 1. The molecule has 2 amide bonds. The van der Waals surface area contributed by atoms with Crippen molar-refractivity contribution in [2.75, 3.05) is 32.7 Å². The number of hydrogen-bond acceptors (Lipinski definition) is 2. The summed E-state index contributed by atoms with van der Waals surface area (Å²) in [5.74, 6) is -0.236. The molecule has 0 saturated carbocycles. The second kappa shape index (κ2) is 9.22. The number of benzene rings is 2. The molecule has 2 aromatic rings. The minimum atomic E-state index is -0.207. The Labute approximate surface area is 171 Å². The summed E-state index contributed by atoms with van der Waals surface area (Å²) in [5, 5.41) is 3.50. The molecule has 0 aromatic heterocycles. The largest absolute Gasteiger partial charge is 0.343 e. The molecule has 0 spiro atoms. The molecule has 0 aliphatic carbocycles. The minimum absolute atomic E-state index is 0.0287. The normalized spacial score (nSPS) is 14.8. The van der Waals surface area contributed by atoms with E-state index in [1.807, 2.05) is 49.1 Å². The maximum atomic E-state index is 12.4. The van der Waals surface area contributed by atoms with Crippen LogP contribution in [0.25, 0.3) is 0 Å². The average Bonchev–Trinajstić information content (AvgIpc) is 2.68. The molecule has 0 atom stereocenters. The number of carbonyl (C=O) groups is 2. The number of amides is 2. The van der Waals surface area contributed by atoms with Gasteiger partial charge in [0.25, 0.3) is 5.91 Å². The van der Waals surface area contributed by atoms with Crippen molar-refractivity contribution in [3.63, 3.8) is 0 Å². The van der Waals surface area contributed by atoms with E-state index in [1.165, 1.54) is 10.5 Å². The first kappa shape index (κ1) is 20.4. The Morgan fingerprint density at radius 3 is 2.50 bits per heavy atom. The van der Waals surface area contributed by atoms with E-state index in [1.54, 1.807) is 6.07 Å². The topological polar surface area (TPSA) is 53.9 Å². The van der Waals surface area contributed by atoms with Crippen LogP contribution in [-0.4, -0.2) is 49.4 Å². The number of nitrogens with one attached hydrogen (secondary N) is 2. The highest BCUT2D eigenvalue weighted by atomic mass is 35.5. The van der Waals surface area contributed by atoms with E-state index in [9.17, 15) is 9.59 Å². The second-order valence-electron chi connectivity index (χ2n) is 7.42. The Balaban J connectivity index is 1.44. The number of rotatable bonds is 5. The van der Waals surface area contributed by atoms with Crippen LogP contribution in [-0.2, 0) is 11.3 Å². The minimum Gasteiger partial charge on any atom is -0.343 e. The quantitative estimate of drug-likeness (QED) is 0.801. The van der Waals surface area contributed by atoms with Crippen molar-refractivity contribution >= 4 is 23.4 Å². The van der Waals surface area contributed by atoms with E-state index in [0.717, 1.165) is 35.8 Å². The second-order valence-corrected chi connectivity index (χ2v) is 7.86. The molecule has 5 nitrogen and oxygen atoms in total. The fourth-order valence-corrected chi connectivity index (χ4v) is 3.65. The lowest BCUT2D eigenvalue weighted by molar-refractivity contribution is -0.917. The molecular weight excluding hydrogens is 374 g/mol. The lowest BCUT2D eigenvalue weighted by atomic mass is 10.1. The fourth-order valence-electron chi connectivity index (χ4n) is 3.44. The average molecular weight is 401 g/mol. The van der Waals surface area contributed by atoms with E-state index in [0.29, 0.717) is 18.7 Å². The first-order chi connectivity index (χ1) is 13.4. The summed E-state index contributed by atoms with van der Waals surface area (Å²) in [6, 6.07) is 13.5. The fraction of sp³-hybridized carbons (Fsp3) is 0.364. The van der Waals surface area contributed by atoms with Crippen molar-refractivity contribution in [1.29, 1.82) is 0 Å². The van der Waals surface area contributed by atoms with Gasteiger partial charge in [0.05, 0.1) is 32.7 Å². The number of hydrogen-bond donors (Lipinski definition) is 2. The molecule has 1 heterocycles. The summed E-state index contributed by atoms with van der Waals surface area (Å²) in [7, 11) is 0. The van der Waals surface area contributed by atoms with Gasteiger partial charge >= 0.3 is 0 Å². The molecule has 1 aliphatic rings. The van der Waals surface area contributed by atoms with Crippen molar-refractivity contribution in [1.82, 2.24) is 10.2 Å². The van der Waals surface area contributed by atoms with E-state index in [2.05, 4.69) is 11.4 Å². The van der Waals surface area contributed by atoms with Crippen LogP contribution >= 0.6 is 11.6 Å². The molecule has 28 heavy (non-hydrogen) atoms. The molecule has 148 valence electrons.